The van der Waals surface area contributed by atoms with Crippen molar-refractivity contribution in [2.75, 3.05) is 0 Å². The van der Waals surface area contributed by atoms with Gasteiger partial charge >= 0.3 is 0 Å². The number of ketones is 1. The molecule has 0 radical (unpaired) electrons. The van der Waals surface area contributed by atoms with Crippen LogP contribution in [0, 0.1) is 40.4 Å². The molecule has 0 heterocycles. The number of hydrogen-bond acceptors (Lipinski definition) is 2. The molecule has 0 amide bonds. The van der Waals surface area contributed by atoms with E-state index in [0.717, 1.165) is 31.1 Å². The maximum atomic E-state index is 12.4. The van der Waals surface area contributed by atoms with E-state index in [2.05, 4.69) is 27.7 Å². The van der Waals surface area contributed by atoms with Crippen molar-refractivity contribution in [3.63, 3.8) is 0 Å². The Hall–Kier alpha value is -0.630. The quantitative estimate of drug-likeness (QED) is 0.668. The molecule has 1 N–H and O–H groups in total. The van der Waals surface area contributed by atoms with Crippen LogP contribution in [-0.4, -0.2) is 17.0 Å². The van der Waals surface area contributed by atoms with Crippen LogP contribution in [0.3, 0.4) is 0 Å². The minimum absolute atomic E-state index is 0.128. The van der Waals surface area contributed by atoms with Gasteiger partial charge in [0.1, 0.15) is 5.78 Å². The fraction of sp³-hybridized carbons (Fsp3) is 0.870. The molecule has 8 atom stereocenters. The maximum Gasteiger partial charge on any atom is 0.133 e. The van der Waals surface area contributed by atoms with E-state index in [9.17, 15) is 9.90 Å². The second-order valence-corrected chi connectivity index (χ2v) is 10.5. The smallest absolute Gasteiger partial charge is 0.133 e. The summed E-state index contributed by atoms with van der Waals surface area (Å²) in [4.78, 5) is 12.4. The van der Waals surface area contributed by atoms with Gasteiger partial charge in [-0.05, 0) is 93.3 Å². The molecule has 4 aliphatic carbocycles. The van der Waals surface area contributed by atoms with Gasteiger partial charge < -0.3 is 5.11 Å². The summed E-state index contributed by atoms with van der Waals surface area (Å²) in [7, 11) is 0. The molecule has 4 rings (SSSR count). The van der Waals surface area contributed by atoms with Crippen molar-refractivity contribution in [2.45, 2.75) is 85.7 Å². The summed E-state index contributed by atoms with van der Waals surface area (Å²) in [6.07, 6.45) is 7.83. The molecular weight excluding hydrogens is 308 g/mol. The number of fused-ring (bicyclic) bond motifs is 5. The van der Waals surface area contributed by atoms with Crippen molar-refractivity contribution >= 4 is 5.78 Å². The zero-order chi connectivity index (χ0) is 18.1. The molecule has 2 nitrogen and oxygen atoms in total. The molecule has 140 valence electrons. The first kappa shape index (κ1) is 17.8. The lowest BCUT2D eigenvalue weighted by Crippen LogP contribution is -2.51. The predicted molar refractivity (Wildman–Crippen MR) is 101 cm³/mol. The first-order chi connectivity index (χ1) is 11.7. The van der Waals surface area contributed by atoms with Crippen LogP contribution in [-0.2, 0) is 4.79 Å². The maximum absolute atomic E-state index is 12.4. The van der Waals surface area contributed by atoms with Gasteiger partial charge in [0, 0.05) is 5.92 Å². The topological polar surface area (TPSA) is 37.3 Å². The minimum Gasteiger partial charge on any atom is -0.393 e. The normalized spacial score (nSPS) is 52.4. The van der Waals surface area contributed by atoms with E-state index in [-0.39, 0.29) is 17.4 Å². The summed E-state index contributed by atoms with van der Waals surface area (Å²) in [5, 5.41) is 10.2. The highest BCUT2D eigenvalue weighted by molar-refractivity contribution is 5.80. The van der Waals surface area contributed by atoms with Crippen molar-refractivity contribution in [3.8, 4) is 0 Å². The summed E-state index contributed by atoms with van der Waals surface area (Å²) in [5.41, 5.74) is 3.66. The zero-order valence-corrected chi connectivity index (χ0v) is 16.8. The van der Waals surface area contributed by atoms with Gasteiger partial charge in [-0.25, -0.2) is 0 Å². The Labute approximate surface area is 153 Å². The van der Waals surface area contributed by atoms with Crippen molar-refractivity contribution < 1.29 is 9.90 Å². The second-order valence-electron chi connectivity index (χ2n) is 10.5. The van der Waals surface area contributed by atoms with Crippen LogP contribution in [0.25, 0.3) is 0 Å². The highest BCUT2D eigenvalue weighted by atomic mass is 16.3. The highest BCUT2D eigenvalue weighted by Crippen LogP contribution is 2.68. The van der Waals surface area contributed by atoms with E-state index < -0.39 is 0 Å². The molecule has 0 unspecified atom stereocenters. The molecule has 0 aromatic heterocycles. The average molecular weight is 345 g/mol. The van der Waals surface area contributed by atoms with Gasteiger partial charge in [0.25, 0.3) is 0 Å². The van der Waals surface area contributed by atoms with E-state index in [1.807, 2.05) is 6.92 Å². The number of hydrogen-bond donors (Lipinski definition) is 1. The minimum atomic E-state index is -0.128. The van der Waals surface area contributed by atoms with Crippen LogP contribution in [0.4, 0.5) is 0 Å². The number of rotatable bonds is 1. The molecule has 0 aromatic carbocycles. The average Bonchev–Trinajstić information content (AvgIpc) is 2.80. The molecule has 2 heteroatoms. The van der Waals surface area contributed by atoms with Crippen LogP contribution in [0.5, 0.6) is 0 Å². The molecule has 0 bridgehead atoms. The first-order valence-electron chi connectivity index (χ1n) is 10.6. The Balaban J connectivity index is 1.73. The number of allylic oxidation sites excluding steroid dienone is 1. The van der Waals surface area contributed by atoms with Crippen LogP contribution < -0.4 is 0 Å². The molecule has 3 saturated carbocycles. The monoisotopic (exact) mass is 344 g/mol. The Morgan fingerprint density at radius 1 is 1.12 bits per heavy atom. The summed E-state index contributed by atoms with van der Waals surface area (Å²) in [6.45, 7) is 11.4. The van der Waals surface area contributed by atoms with Gasteiger partial charge in [-0.2, -0.15) is 0 Å². The third kappa shape index (κ3) is 2.35. The molecule has 0 aliphatic heterocycles. The van der Waals surface area contributed by atoms with Crippen LogP contribution in [0.15, 0.2) is 11.1 Å². The zero-order valence-electron chi connectivity index (χ0n) is 16.8. The number of Topliss-reactive ketones (excluding diaryl/α,β-unsaturated/α-hetero) is 1. The lowest BCUT2D eigenvalue weighted by atomic mass is 9.46. The highest BCUT2D eigenvalue weighted by Gasteiger charge is 2.61. The van der Waals surface area contributed by atoms with Crippen LogP contribution in [0.2, 0.25) is 0 Å². The Morgan fingerprint density at radius 2 is 1.84 bits per heavy atom. The van der Waals surface area contributed by atoms with Crippen molar-refractivity contribution in [2.24, 2.45) is 40.4 Å². The van der Waals surface area contributed by atoms with Gasteiger partial charge in [-0.1, -0.05) is 31.9 Å². The van der Waals surface area contributed by atoms with E-state index in [1.165, 1.54) is 25.7 Å². The van der Waals surface area contributed by atoms with Gasteiger partial charge in [-0.3, -0.25) is 4.79 Å². The fourth-order valence-corrected chi connectivity index (χ4v) is 8.33. The first-order valence-corrected chi connectivity index (χ1v) is 10.6. The summed E-state index contributed by atoms with van der Waals surface area (Å²) in [5.74, 6) is 3.44. The fourth-order valence-electron chi connectivity index (χ4n) is 8.33. The summed E-state index contributed by atoms with van der Waals surface area (Å²) in [6, 6.07) is 0. The SMILES string of the molecule is CC(=O)[C@H]1[C@H](C)C[C@H]2[C@@H]3CC(C)=C4C[C@@H](O)CC[C@]4(C)[C@H]3CC[C@@]21C. The van der Waals surface area contributed by atoms with Crippen LogP contribution >= 0.6 is 0 Å². The van der Waals surface area contributed by atoms with Gasteiger partial charge in [0.15, 0.2) is 0 Å². The van der Waals surface area contributed by atoms with Gasteiger partial charge in [0.2, 0.25) is 0 Å². The predicted octanol–water partition coefficient (Wildman–Crippen LogP) is 5.15. The number of aliphatic hydroxyl groups excluding tert-OH is 1. The van der Waals surface area contributed by atoms with E-state index in [4.69, 9.17) is 0 Å². The Kier molecular flexibility index (Phi) is 4.04. The van der Waals surface area contributed by atoms with E-state index in [0.29, 0.717) is 23.0 Å². The lowest BCUT2D eigenvalue weighted by Gasteiger charge is -2.58. The largest absolute Gasteiger partial charge is 0.393 e. The molecular formula is C23H36O2. The number of carbonyl (C=O) groups excluding carboxylic acids is 1. The molecule has 0 spiro atoms. The molecule has 4 aliphatic rings. The van der Waals surface area contributed by atoms with E-state index in [1.54, 1.807) is 11.1 Å². The standard InChI is InChI=1S/C23H36O2/c1-13-10-17-18(22(4)8-6-16(25)12-19(13)22)7-9-23(5)20(17)11-14(2)21(23)15(3)24/h14,16-18,20-21,25H,6-12H2,1-5H3/t14-,16+,17-,18+,20+,21-,22-,23+/m1/s1. The summed E-state index contributed by atoms with van der Waals surface area (Å²) >= 11 is 0. The second kappa shape index (κ2) is 5.68. The van der Waals surface area contributed by atoms with Crippen molar-refractivity contribution in [1.82, 2.24) is 0 Å². The van der Waals surface area contributed by atoms with Gasteiger partial charge in [0.05, 0.1) is 6.10 Å². The molecule has 0 saturated heterocycles. The third-order valence-corrected chi connectivity index (χ3v) is 9.22. The number of carbonyl (C=O) groups is 1. The van der Waals surface area contributed by atoms with Crippen LogP contribution in [0.1, 0.15) is 79.6 Å². The Bertz CT molecular complexity index is 620. The van der Waals surface area contributed by atoms with Crippen molar-refractivity contribution in [3.05, 3.63) is 11.1 Å². The summed E-state index contributed by atoms with van der Waals surface area (Å²) < 4.78 is 0. The van der Waals surface area contributed by atoms with Gasteiger partial charge in [-0.15, -0.1) is 0 Å². The number of aliphatic hydroxyl groups is 1. The lowest BCUT2D eigenvalue weighted by molar-refractivity contribution is -0.128. The molecule has 3 fully saturated rings. The third-order valence-electron chi connectivity index (χ3n) is 9.22. The van der Waals surface area contributed by atoms with E-state index >= 15 is 0 Å². The molecule has 0 aromatic rings. The Morgan fingerprint density at radius 3 is 2.52 bits per heavy atom. The van der Waals surface area contributed by atoms with Crippen molar-refractivity contribution in [1.29, 1.82) is 0 Å². The molecule has 25 heavy (non-hydrogen) atoms.